The maximum absolute atomic E-state index is 12.8. The molecule has 16 heavy (non-hydrogen) atoms. The number of hydrogen-bond donors (Lipinski definition) is 3. The van der Waals surface area contributed by atoms with Gasteiger partial charge in [-0.2, -0.15) is 0 Å². The van der Waals surface area contributed by atoms with Crippen LogP contribution in [0.25, 0.3) is 0 Å². The predicted octanol–water partition coefficient (Wildman–Crippen LogP) is 0.719. The molecular weight excluding hydrogens is 239 g/mol. The van der Waals surface area contributed by atoms with Gasteiger partial charge in [0.2, 0.25) is 6.17 Å². The summed E-state index contributed by atoms with van der Waals surface area (Å²) in [5.74, 6) is -4.08. The van der Waals surface area contributed by atoms with Crippen molar-refractivity contribution in [1.29, 1.82) is 0 Å². The van der Waals surface area contributed by atoms with E-state index >= 15 is 0 Å². The van der Waals surface area contributed by atoms with E-state index in [1.807, 2.05) is 0 Å². The molecule has 98 valence electrons. The summed E-state index contributed by atoms with van der Waals surface area (Å²) >= 11 is 0. The van der Waals surface area contributed by atoms with E-state index in [0.29, 0.717) is 0 Å². The molecule has 0 saturated carbocycles. The maximum Gasteiger partial charge on any atom is 0.311 e. The molecule has 0 fully saturated rings. The summed E-state index contributed by atoms with van der Waals surface area (Å²) in [5.41, 5.74) is 0. The standard InChI is InChI=1S/C8H13F5O3/c9-3-1-2-4(10)5(11)6(12)7(13)8(14,15)16/h4-7,14-16H,1-3H2. The van der Waals surface area contributed by atoms with Gasteiger partial charge in [0.15, 0.2) is 12.3 Å². The van der Waals surface area contributed by atoms with Gasteiger partial charge >= 0.3 is 5.97 Å². The Balaban J connectivity index is 4.31. The van der Waals surface area contributed by atoms with Crippen LogP contribution < -0.4 is 0 Å². The summed E-state index contributed by atoms with van der Waals surface area (Å²) < 4.78 is 62.7. The number of hydrogen-bond acceptors (Lipinski definition) is 3. The topological polar surface area (TPSA) is 60.7 Å². The van der Waals surface area contributed by atoms with Gasteiger partial charge in [-0.3, -0.25) is 4.39 Å². The molecule has 0 aliphatic carbocycles. The van der Waals surface area contributed by atoms with E-state index in [-0.39, 0.29) is 6.42 Å². The van der Waals surface area contributed by atoms with E-state index in [0.717, 1.165) is 0 Å². The maximum atomic E-state index is 12.8. The predicted molar refractivity (Wildman–Crippen MR) is 44.2 cm³/mol. The molecule has 0 aliphatic heterocycles. The second-order valence-corrected chi connectivity index (χ2v) is 3.33. The van der Waals surface area contributed by atoms with Crippen LogP contribution in [0.4, 0.5) is 22.0 Å². The first-order valence-corrected chi connectivity index (χ1v) is 4.51. The number of halogens is 5. The van der Waals surface area contributed by atoms with Crippen molar-refractivity contribution in [3.8, 4) is 0 Å². The van der Waals surface area contributed by atoms with Crippen molar-refractivity contribution in [3.63, 3.8) is 0 Å². The summed E-state index contributed by atoms with van der Waals surface area (Å²) in [6, 6.07) is 0. The first kappa shape index (κ1) is 15.5. The molecule has 0 saturated heterocycles. The first-order chi connectivity index (χ1) is 7.21. The Morgan fingerprint density at radius 2 is 1.44 bits per heavy atom. The molecule has 0 aromatic heterocycles. The highest BCUT2D eigenvalue weighted by Gasteiger charge is 2.46. The third-order valence-corrected chi connectivity index (χ3v) is 1.91. The van der Waals surface area contributed by atoms with E-state index < -0.39 is 43.8 Å². The molecule has 4 unspecified atom stereocenters. The van der Waals surface area contributed by atoms with Gasteiger partial charge < -0.3 is 15.3 Å². The van der Waals surface area contributed by atoms with E-state index in [1.54, 1.807) is 0 Å². The van der Waals surface area contributed by atoms with Crippen LogP contribution in [0.5, 0.6) is 0 Å². The van der Waals surface area contributed by atoms with Crippen LogP contribution in [0.3, 0.4) is 0 Å². The fourth-order valence-electron chi connectivity index (χ4n) is 1.01. The molecule has 0 aromatic rings. The summed E-state index contributed by atoms with van der Waals surface area (Å²) in [5, 5.41) is 24.6. The van der Waals surface area contributed by atoms with E-state index in [2.05, 4.69) is 0 Å². The Kier molecular flexibility index (Phi) is 6.13. The normalized spacial score (nSPS) is 20.2. The Morgan fingerprint density at radius 1 is 0.938 bits per heavy atom. The Hall–Kier alpha value is -0.470. The molecule has 0 rings (SSSR count). The number of rotatable bonds is 7. The molecule has 8 heteroatoms. The van der Waals surface area contributed by atoms with Crippen molar-refractivity contribution in [2.45, 2.75) is 43.5 Å². The van der Waals surface area contributed by atoms with Crippen molar-refractivity contribution in [2.75, 3.05) is 6.67 Å². The SMILES string of the molecule is OC(O)(O)C(F)C(F)C(F)C(F)CCCF. The number of alkyl halides is 5. The molecule has 3 nitrogen and oxygen atoms in total. The van der Waals surface area contributed by atoms with Crippen molar-refractivity contribution < 1.29 is 37.3 Å². The van der Waals surface area contributed by atoms with Crippen LogP contribution in [0.1, 0.15) is 12.8 Å². The zero-order valence-electron chi connectivity index (χ0n) is 8.16. The van der Waals surface area contributed by atoms with Gasteiger partial charge in [-0.15, -0.1) is 0 Å². The van der Waals surface area contributed by atoms with Gasteiger partial charge in [0, 0.05) is 0 Å². The minimum atomic E-state index is -4.08. The highest BCUT2D eigenvalue weighted by Crippen LogP contribution is 2.24. The zero-order chi connectivity index (χ0) is 12.9. The minimum absolute atomic E-state index is 0.367. The first-order valence-electron chi connectivity index (χ1n) is 4.51. The lowest BCUT2D eigenvalue weighted by atomic mass is 10.0. The molecule has 4 atom stereocenters. The molecule has 0 aliphatic rings. The van der Waals surface area contributed by atoms with Crippen LogP contribution in [0.15, 0.2) is 0 Å². The van der Waals surface area contributed by atoms with Crippen LogP contribution in [-0.4, -0.2) is 52.7 Å². The average Bonchev–Trinajstić information content (AvgIpc) is 2.21. The number of aliphatic hydroxyl groups is 3. The van der Waals surface area contributed by atoms with Crippen LogP contribution in [0, 0.1) is 0 Å². The van der Waals surface area contributed by atoms with Gasteiger partial charge in [-0.05, 0) is 12.8 Å². The fourth-order valence-corrected chi connectivity index (χ4v) is 1.01. The summed E-state index contributed by atoms with van der Waals surface area (Å²) in [7, 11) is 0. The molecule has 0 bridgehead atoms. The molecule has 0 heterocycles. The van der Waals surface area contributed by atoms with E-state index in [4.69, 9.17) is 15.3 Å². The second kappa shape index (κ2) is 6.31. The molecule has 0 aromatic carbocycles. The zero-order valence-corrected chi connectivity index (χ0v) is 8.16. The average molecular weight is 252 g/mol. The molecule has 0 radical (unpaired) electrons. The van der Waals surface area contributed by atoms with E-state index in [1.165, 1.54) is 0 Å². The molecule has 3 N–H and O–H groups in total. The van der Waals surface area contributed by atoms with Gasteiger partial charge in [0.1, 0.15) is 6.17 Å². The van der Waals surface area contributed by atoms with Gasteiger partial charge in [0.05, 0.1) is 6.67 Å². The monoisotopic (exact) mass is 252 g/mol. The second-order valence-electron chi connectivity index (χ2n) is 3.33. The molecule has 0 spiro atoms. The third-order valence-electron chi connectivity index (χ3n) is 1.91. The lowest BCUT2D eigenvalue weighted by molar-refractivity contribution is -0.352. The van der Waals surface area contributed by atoms with Crippen LogP contribution in [-0.2, 0) is 0 Å². The Morgan fingerprint density at radius 3 is 1.81 bits per heavy atom. The largest absolute Gasteiger partial charge is 0.341 e. The van der Waals surface area contributed by atoms with Gasteiger partial charge in [-0.25, -0.2) is 17.6 Å². The highest BCUT2D eigenvalue weighted by atomic mass is 19.2. The lowest BCUT2D eigenvalue weighted by Crippen LogP contribution is -2.49. The Labute approximate surface area is 88.5 Å². The van der Waals surface area contributed by atoms with Crippen molar-refractivity contribution in [1.82, 2.24) is 0 Å². The summed E-state index contributed by atoms with van der Waals surface area (Å²) in [6.07, 6.45) is -13.2. The third kappa shape index (κ3) is 4.58. The molecule has 0 amide bonds. The smallest absolute Gasteiger partial charge is 0.311 e. The highest BCUT2D eigenvalue weighted by molar-refractivity contribution is 4.85. The minimum Gasteiger partial charge on any atom is -0.341 e. The van der Waals surface area contributed by atoms with Gasteiger partial charge in [0.25, 0.3) is 0 Å². The quantitative estimate of drug-likeness (QED) is 0.462. The fraction of sp³-hybridized carbons (Fsp3) is 1.00. The van der Waals surface area contributed by atoms with Crippen LogP contribution >= 0.6 is 0 Å². The summed E-state index contributed by atoms with van der Waals surface area (Å²) in [4.78, 5) is 0. The Bertz CT molecular complexity index is 199. The van der Waals surface area contributed by atoms with Crippen molar-refractivity contribution in [2.24, 2.45) is 0 Å². The summed E-state index contributed by atoms with van der Waals surface area (Å²) in [6.45, 7) is -0.937. The van der Waals surface area contributed by atoms with E-state index in [9.17, 15) is 22.0 Å². The van der Waals surface area contributed by atoms with Gasteiger partial charge in [-0.1, -0.05) is 0 Å². The van der Waals surface area contributed by atoms with Crippen LogP contribution in [0.2, 0.25) is 0 Å². The molecular formula is C8H13F5O3. The van der Waals surface area contributed by atoms with Crippen molar-refractivity contribution >= 4 is 0 Å². The van der Waals surface area contributed by atoms with Crippen molar-refractivity contribution in [3.05, 3.63) is 0 Å². The lowest BCUT2D eigenvalue weighted by Gasteiger charge is -2.25.